The molecule has 0 saturated heterocycles. The number of nitrogens with two attached hydrogens (primary N) is 1. The van der Waals surface area contributed by atoms with Crippen LogP contribution in [0, 0.1) is 6.92 Å². The fraction of sp³-hybridized carbons (Fsp3) is 0.222. The number of nitrogens with zero attached hydrogens (tertiary/aromatic N) is 1. The average molecular weight is 344 g/mol. The fourth-order valence-corrected chi connectivity index (χ4v) is 1.96. The highest BCUT2D eigenvalue weighted by Gasteiger charge is 2.17. The quantitative estimate of drug-likeness (QED) is 0.341. The van der Waals surface area contributed by atoms with Gasteiger partial charge in [-0.3, -0.25) is 0 Å². The van der Waals surface area contributed by atoms with Crippen LogP contribution in [0.25, 0.3) is 0 Å². The maximum atomic E-state index is 11.7. The molecule has 7 heteroatoms. The van der Waals surface area contributed by atoms with Gasteiger partial charge in [0.05, 0.1) is 18.5 Å². The number of carbonyl (C=O) groups is 1. The summed E-state index contributed by atoms with van der Waals surface area (Å²) in [5, 5.41) is 0. The van der Waals surface area contributed by atoms with E-state index in [1.807, 2.05) is 6.92 Å². The summed E-state index contributed by atoms with van der Waals surface area (Å²) < 4.78 is 21.6. The zero-order chi connectivity index (χ0) is 18.2. The van der Waals surface area contributed by atoms with Gasteiger partial charge in [0.25, 0.3) is 0 Å². The van der Waals surface area contributed by atoms with Crippen LogP contribution in [0.2, 0.25) is 0 Å². The van der Waals surface area contributed by atoms with Crippen molar-refractivity contribution in [3.05, 3.63) is 48.7 Å². The number of esters is 1. The van der Waals surface area contributed by atoms with E-state index in [-0.39, 0.29) is 18.1 Å². The summed E-state index contributed by atoms with van der Waals surface area (Å²) >= 11 is 0. The first-order valence-electron chi connectivity index (χ1n) is 7.54. The van der Waals surface area contributed by atoms with E-state index in [1.54, 1.807) is 31.4 Å². The number of aryl methyl sites for hydroxylation is 1. The third kappa shape index (κ3) is 4.95. The summed E-state index contributed by atoms with van der Waals surface area (Å²) in [6.45, 7) is 5.89. The molecule has 0 aliphatic heterocycles. The fourth-order valence-electron chi connectivity index (χ4n) is 1.96. The van der Waals surface area contributed by atoms with Gasteiger partial charge >= 0.3 is 5.97 Å². The summed E-state index contributed by atoms with van der Waals surface area (Å²) in [6, 6.07) is 6.76. The molecule has 25 heavy (non-hydrogen) atoms. The molecule has 2 aromatic rings. The van der Waals surface area contributed by atoms with Gasteiger partial charge in [0.2, 0.25) is 11.6 Å². The topological polar surface area (TPSA) is 92.9 Å². The lowest BCUT2D eigenvalue weighted by Gasteiger charge is -2.15. The monoisotopic (exact) mass is 344 g/mol. The van der Waals surface area contributed by atoms with E-state index in [0.717, 1.165) is 11.6 Å². The lowest BCUT2D eigenvalue weighted by atomic mass is 10.2. The van der Waals surface area contributed by atoms with Crippen molar-refractivity contribution in [1.29, 1.82) is 0 Å². The van der Waals surface area contributed by atoms with Crippen LogP contribution in [0.1, 0.15) is 5.56 Å². The van der Waals surface area contributed by atoms with Gasteiger partial charge in [-0.1, -0.05) is 12.6 Å². The van der Waals surface area contributed by atoms with E-state index < -0.39 is 5.97 Å². The Hall–Kier alpha value is -3.06. The van der Waals surface area contributed by atoms with Gasteiger partial charge in [0, 0.05) is 18.7 Å². The molecule has 1 aromatic carbocycles. The number of carbonyl (C=O) groups excluding carboxylic acids is 1. The lowest BCUT2D eigenvalue weighted by Crippen LogP contribution is -2.09. The number of aromatic nitrogens is 1. The molecular weight excluding hydrogens is 324 g/mol. The zero-order valence-electron chi connectivity index (χ0n) is 14.2. The first kappa shape index (κ1) is 18.3. The highest BCUT2D eigenvalue weighted by atomic mass is 16.6. The highest BCUT2D eigenvalue weighted by Crippen LogP contribution is 2.40. The molecule has 0 spiro atoms. The Balaban J connectivity index is 2.35. The van der Waals surface area contributed by atoms with Crippen molar-refractivity contribution in [3.8, 4) is 23.1 Å². The van der Waals surface area contributed by atoms with Crippen LogP contribution < -0.4 is 19.9 Å². The second kappa shape index (κ2) is 8.70. The highest BCUT2D eigenvalue weighted by molar-refractivity contribution is 5.84. The number of ether oxygens (including phenoxy) is 4. The first-order valence-corrected chi connectivity index (χ1v) is 7.54. The predicted molar refractivity (Wildman–Crippen MR) is 93.1 cm³/mol. The largest absolute Gasteiger partial charge is 0.487 e. The van der Waals surface area contributed by atoms with Crippen molar-refractivity contribution in [1.82, 2.24) is 4.98 Å². The van der Waals surface area contributed by atoms with E-state index >= 15 is 0 Å². The molecular formula is C18H20N2O5. The Morgan fingerprint density at radius 3 is 2.76 bits per heavy atom. The molecule has 0 bridgehead atoms. The number of hydrogen-bond acceptors (Lipinski definition) is 7. The van der Waals surface area contributed by atoms with Crippen molar-refractivity contribution in [2.75, 3.05) is 26.1 Å². The van der Waals surface area contributed by atoms with E-state index in [0.29, 0.717) is 23.9 Å². The van der Waals surface area contributed by atoms with Gasteiger partial charge in [-0.05, 0) is 25.1 Å². The van der Waals surface area contributed by atoms with E-state index in [9.17, 15) is 4.79 Å². The van der Waals surface area contributed by atoms with Gasteiger partial charge in [-0.15, -0.1) is 0 Å². The van der Waals surface area contributed by atoms with Crippen molar-refractivity contribution >= 4 is 11.7 Å². The molecule has 0 aliphatic carbocycles. The number of anilines is 1. The van der Waals surface area contributed by atoms with Crippen LogP contribution in [-0.4, -0.2) is 31.3 Å². The Morgan fingerprint density at radius 1 is 1.32 bits per heavy atom. The lowest BCUT2D eigenvalue weighted by molar-refractivity contribution is -0.129. The van der Waals surface area contributed by atoms with Crippen LogP contribution in [-0.2, 0) is 9.53 Å². The van der Waals surface area contributed by atoms with Crippen molar-refractivity contribution in [3.63, 3.8) is 0 Å². The van der Waals surface area contributed by atoms with Gasteiger partial charge in [-0.25, -0.2) is 9.78 Å². The smallest absolute Gasteiger partial charge is 0.335 e. The minimum absolute atomic E-state index is 0.140. The van der Waals surface area contributed by atoms with Crippen LogP contribution >= 0.6 is 0 Å². The SMILES string of the molecule is C=CC(=O)Oc1c(OCCOC)cccc1Oc1ncc(N)cc1C. The Morgan fingerprint density at radius 2 is 2.08 bits per heavy atom. The van der Waals surface area contributed by atoms with Gasteiger partial charge < -0.3 is 24.7 Å². The molecule has 0 saturated carbocycles. The van der Waals surface area contributed by atoms with Crippen LogP contribution in [0.4, 0.5) is 5.69 Å². The maximum absolute atomic E-state index is 11.7. The Bertz CT molecular complexity index is 761. The second-order valence-corrected chi connectivity index (χ2v) is 5.04. The predicted octanol–water partition coefficient (Wildman–Crippen LogP) is 2.88. The summed E-state index contributed by atoms with van der Waals surface area (Å²) in [4.78, 5) is 15.8. The minimum atomic E-state index is -0.630. The summed E-state index contributed by atoms with van der Waals surface area (Å²) in [5.74, 6) is 0.485. The first-order chi connectivity index (χ1) is 12.0. The normalized spacial score (nSPS) is 10.2. The number of hydrogen-bond donors (Lipinski definition) is 1. The molecule has 0 amide bonds. The molecule has 2 rings (SSSR count). The van der Waals surface area contributed by atoms with Crippen LogP contribution in [0.3, 0.4) is 0 Å². The molecule has 0 radical (unpaired) electrons. The second-order valence-electron chi connectivity index (χ2n) is 5.04. The Kier molecular flexibility index (Phi) is 6.36. The molecule has 2 N–H and O–H groups in total. The van der Waals surface area contributed by atoms with Crippen LogP contribution in [0.15, 0.2) is 43.1 Å². The number of pyridine rings is 1. The number of para-hydroxylation sites is 1. The van der Waals surface area contributed by atoms with E-state index in [4.69, 9.17) is 24.7 Å². The maximum Gasteiger partial charge on any atom is 0.335 e. The average Bonchev–Trinajstić information content (AvgIpc) is 2.59. The number of nitrogen functional groups attached to an aromatic ring is 1. The summed E-state index contributed by atoms with van der Waals surface area (Å²) in [7, 11) is 1.57. The zero-order valence-corrected chi connectivity index (χ0v) is 14.2. The molecule has 0 aliphatic rings. The molecule has 7 nitrogen and oxygen atoms in total. The molecule has 1 heterocycles. The molecule has 0 atom stereocenters. The molecule has 0 fully saturated rings. The third-order valence-corrected chi connectivity index (χ3v) is 3.12. The summed E-state index contributed by atoms with van der Waals surface area (Å²) in [5.41, 5.74) is 6.97. The molecule has 1 aromatic heterocycles. The van der Waals surface area contributed by atoms with Gasteiger partial charge in [-0.2, -0.15) is 0 Å². The van der Waals surface area contributed by atoms with Gasteiger partial charge in [0.15, 0.2) is 11.5 Å². The van der Waals surface area contributed by atoms with Crippen molar-refractivity contribution in [2.24, 2.45) is 0 Å². The molecule has 132 valence electrons. The summed E-state index contributed by atoms with van der Waals surface area (Å²) in [6.07, 6.45) is 2.54. The van der Waals surface area contributed by atoms with Crippen molar-refractivity contribution < 1.29 is 23.7 Å². The van der Waals surface area contributed by atoms with E-state index in [1.165, 1.54) is 6.20 Å². The number of methoxy groups -OCH3 is 1. The standard InChI is InChI=1S/C18H20N2O5/c1-4-16(21)25-17-14(23-9-8-22-3)6-5-7-15(17)24-18-12(2)10-13(19)11-20-18/h4-7,10-11H,1,8-9,19H2,2-3H3. The van der Waals surface area contributed by atoms with Crippen molar-refractivity contribution in [2.45, 2.75) is 6.92 Å². The number of benzene rings is 1. The van der Waals surface area contributed by atoms with Gasteiger partial charge in [0.1, 0.15) is 6.61 Å². The number of rotatable bonds is 8. The molecule has 0 unspecified atom stereocenters. The Labute approximate surface area is 146 Å². The minimum Gasteiger partial charge on any atom is -0.487 e. The van der Waals surface area contributed by atoms with E-state index in [2.05, 4.69) is 11.6 Å². The third-order valence-electron chi connectivity index (χ3n) is 3.12. The van der Waals surface area contributed by atoms with Crippen LogP contribution in [0.5, 0.6) is 23.1 Å².